The fraction of sp³-hybridized carbons (Fsp3) is 0.600. The van der Waals surface area contributed by atoms with E-state index in [1.807, 2.05) is 0 Å². The van der Waals surface area contributed by atoms with Gasteiger partial charge >= 0.3 is 0 Å². The van der Waals surface area contributed by atoms with E-state index in [2.05, 4.69) is 34.0 Å². The standard InChI is InChI=1S/C25H32F2N4O/c1-15(2)31-7-8-32-25-20(26)11-19(12-22(25)31)24-21(27)14-29-23(30-24)10-16-3-4-18-13-28-6-5-17(18)9-16/h11-12,14-18,28H,3-10,13H2,1-2H3. The van der Waals surface area contributed by atoms with Gasteiger partial charge in [0.2, 0.25) is 0 Å². The number of hydrogen-bond acceptors (Lipinski definition) is 5. The molecule has 1 N–H and O–H groups in total. The van der Waals surface area contributed by atoms with Crippen LogP contribution in [0.3, 0.4) is 0 Å². The Hall–Kier alpha value is -2.28. The van der Waals surface area contributed by atoms with Crippen molar-refractivity contribution in [2.24, 2.45) is 17.8 Å². The average Bonchev–Trinajstić information content (AvgIpc) is 2.79. The zero-order valence-corrected chi connectivity index (χ0v) is 18.9. The summed E-state index contributed by atoms with van der Waals surface area (Å²) in [6.45, 7) is 7.46. The average molecular weight is 443 g/mol. The fourth-order valence-electron chi connectivity index (χ4n) is 5.74. The Morgan fingerprint density at radius 2 is 2.03 bits per heavy atom. The molecule has 5 rings (SSSR count). The van der Waals surface area contributed by atoms with Gasteiger partial charge in [-0.15, -0.1) is 0 Å². The lowest BCUT2D eigenvalue weighted by atomic mass is 9.70. The molecule has 1 saturated heterocycles. The van der Waals surface area contributed by atoms with E-state index in [1.54, 1.807) is 6.07 Å². The van der Waals surface area contributed by atoms with Crippen LogP contribution >= 0.6 is 0 Å². The molecule has 172 valence electrons. The van der Waals surface area contributed by atoms with E-state index >= 15 is 0 Å². The summed E-state index contributed by atoms with van der Waals surface area (Å²) in [4.78, 5) is 11.0. The lowest BCUT2D eigenvalue weighted by Crippen LogP contribution is -2.40. The van der Waals surface area contributed by atoms with Crippen LogP contribution in [0.5, 0.6) is 5.75 Å². The topological polar surface area (TPSA) is 50.3 Å². The molecular formula is C25H32F2N4O. The number of hydrogen-bond donors (Lipinski definition) is 1. The summed E-state index contributed by atoms with van der Waals surface area (Å²) in [5.41, 5.74) is 1.26. The van der Waals surface area contributed by atoms with Crippen LogP contribution in [0.15, 0.2) is 18.3 Å². The first-order valence-electron chi connectivity index (χ1n) is 11.9. The molecule has 5 nitrogen and oxygen atoms in total. The van der Waals surface area contributed by atoms with Crippen LogP contribution in [0.25, 0.3) is 11.3 Å². The van der Waals surface area contributed by atoms with Crippen LogP contribution in [0.1, 0.15) is 45.4 Å². The van der Waals surface area contributed by atoms with Gasteiger partial charge in [-0.1, -0.05) is 0 Å². The Balaban J connectivity index is 1.41. The first-order valence-corrected chi connectivity index (χ1v) is 11.9. The third-order valence-electron chi connectivity index (χ3n) is 7.42. The number of anilines is 1. The number of halogens is 2. The van der Waals surface area contributed by atoms with Gasteiger partial charge in [-0.05, 0) is 82.5 Å². The van der Waals surface area contributed by atoms with Crippen LogP contribution in [0.4, 0.5) is 14.5 Å². The molecule has 1 aromatic carbocycles. The number of benzene rings is 1. The van der Waals surface area contributed by atoms with Gasteiger partial charge in [0.1, 0.15) is 18.1 Å². The van der Waals surface area contributed by atoms with Crippen molar-refractivity contribution in [2.75, 3.05) is 31.1 Å². The summed E-state index contributed by atoms with van der Waals surface area (Å²) in [6.07, 6.45) is 6.81. The fourth-order valence-corrected chi connectivity index (χ4v) is 5.74. The number of aromatic nitrogens is 2. The lowest BCUT2D eigenvalue weighted by Gasteiger charge is -2.39. The SMILES string of the molecule is CC(C)N1CCOc2c(F)cc(-c3nc(CC4CCC5CNCCC5C4)ncc3F)cc21. The minimum Gasteiger partial charge on any atom is -0.486 e. The van der Waals surface area contributed by atoms with E-state index < -0.39 is 11.6 Å². The molecule has 7 heteroatoms. The molecule has 3 heterocycles. The molecule has 1 aliphatic carbocycles. The summed E-state index contributed by atoms with van der Waals surface area (Å²) < 4.78 is 35.2. The van der Waals surface area contributed by atoms with Crippen molar-refractivity contribution >= 4 is 5.69 Å². The van der Waals surface area contributed by atoms with Crippen molar-refractivity contribution in [1.29, 1.82) is 0 Å². The normalized spacial score (nSPS) is 25.3. The second-order valence-electron chi connectivity index (χ2n) is 9.82. The number of ether oxygens (including phenoxy) is 1. The number of nitrogens with zero attached hydrogens (tertiary/aromatic N) is 3. The molecule has 1 aromatic heterocycles. The maximum Gasteiger partial charge on any atom is 0.178 e. The molecular weight excluding hydrogens is 410 g/mol. The Labute approximate surface area is 188 Å². The maximum atomic E-state index is 14.9. The summed E-state index contributed by atoms with van der Waals surface area (Å²) in [5.74, 6) is 1.96. The Morgan fingerprint density at radius 3 is 2.88 bits per heavy atom. The molecule has 3 atom stereocenters. The third kappa shape index (κ3) is 4.19. The highest BCUT2D eigenvalue weighted by atomic mass is 19.1. The highest BCUT2D eigenvalue weighted by Gasteiger charge is 2.32. The molecule has 2 aromatic rings. The quantitative estimate of drug-likeness (QED) is 0.750. The number of piperidine rings is 1. The van der Waals surface area contributed by atoms with E-state index in [1.165, 1.54) is 31.5 Å². The van der Waals surface area contributed by atoms with Gasteiger partial charge in [0.25, 0.3) is 0 Å². The molecule has 3 aliphatic rings. The van der Waals surface area contributed by atoms with Crippen LogP contribution in [-0.4, -0.2) is 42.3 Å². The van der Waals surface area contributed by atoms with Crippen LogP contribution in [0.2, 0.25) is 0 Å². The third-order valence-corrected chi connectivity index (χ3v) is 7.42. The highest BCUT2D eigenvalue weighted by molar-refractivity contribution is 5.72. The second-order valence-corrected chi connectivity index (χ2v) is 9.82. The minimum absolute atomic E-state index is 0.168. The van der Waals surface area contributed by atoms with Crippen molar-refractivity contribution in [3.8, 4) is 17.0 Å². The van der Waals surface area contributed by atoms with Gasteiger partial charge < -0.3 is 15.0 Å². The monoisotopic (exact) mass is 442 g/mol. The second kappa shape index (κ2) is 8.93. The van der Waals surface area contributed by atoms with Crippen molar-refractivity contribution < 1.29 is 13.5 Å². The van der Waals surface area contributed by atoms with E-state index in [9.17, 15) is 8.78 Å². The predicted octanol–water partition coefficient (Wildman–Crippen LogP) is 4.60. The zero-order valence-electron chi connectivity index (χ0n) is 18.9. The number of fused-ring (bicyclic) bond motifs is 2. The molecule has 2 aliphatic heterocycles. The van der Waals surface area contributed by atoms with Gasteiger partial charge in [0.05, 0.1) is 18.4 Å². The van der Waals surface area contributed by atoms with Crippen molar-refractivity contribution in [3.63, 3.8) is 0 Å². The summed E-state index contributed by atoms with van der Waals surface area (Å²) in [7, 11) is 0. The van der Waals surface area contributed by atoms with Gasteiger partial charge in [0, 0.05) is 18.0 Å². The molecule has 32 heavy (non-hydrogen) atoms. The molecule has 1 saturated carbocycles. The number of rotatable bonds is 4. The maximum absolute atomic E-state index is 14.9. The van der Waals surface area contributed by atoms with E-state index in [-0.39, 0.29) is 17.5 Å². The van der Waals surface area contributed by atoms with Gasteiger partial charge in [-0.25, -0.2) is 18.7 Å². The molecule has 0 spiro atoms. The summed E-state index contributed by atoms with van der Waals surface area (Å²) in [6, 6.07) is 3.31. The molecule has 0 radical (unpaired) electrons. The van der Waals surface area contributed by atoms with E-state index in [0.717, 1.165) is 37.8 Å². The Bertz CT molecular complexity index is 983. The van der Waals surface area contributed by atoms with Crippen molar-refractivity contribution in [3.05, 3.63) is 35.8 Å². The first-order chi connectivity index (χ1) is 15.5. The lowest BCUT2D eigenvalue weighted by molar-refractivity contribution is 0.140. The Morgan fingerprint density at radius 1 is 1.16 bits per heavy atom. The van der Waals surface area contributed by atoms with Gasteiger partial charge in [-0.3, -0.25) is 0 Å². The van der Waals surface area contributed by atoms with Crippen LogP contribution < -0.4 is 15.0 Å². The highest BCUT2D eigenvalue weighted by Crippen LogP contribution is 2.40. The van der Waals surface area contributed by atoms with Gasteiger partial charge in [0.15, 0.2) is 17.4 Å². The van der Waals surface area contributed by atoms with Crippen molar-refractivity contribution in [2.45, 2.75) is 52.0 Å². The number of nitrogens with one attached hydrogen (secondary N) is 1. The van der Waals surface area contributed by atoms with Gasteiger partial charge in [-0.2, -0.15) is 0 Å². The van der Waals surface area contributed by atoms with E-state index in [0.29, 0.717) is 36.1 Å². The van der Waals surface area contributed by atoms with Crippen molar-refractivity contribution in [1.82, 2.24) is 15.3 Å². The predicted molar refractivity (Wildman–Crippen MR) is 121 cm³/mol. The Kier molecular flexibility index (Phi) is 6.01. The molecule has 0 bridgehead atoms. The molecule has 0 amide bonds. The molecule has 3 unspecified atom stereocenters. The summed E-state index contributed by atoms with van der Waals surface area (Å²) >= 11 is 0. The largest absolute Gasteiger partial charge is 0.486 e. The van der Waals surface area contributed by atoms with Crippen LogP contribution in [-0.2, 0) is 6.42 Å². The van der Waals surface area contributed by atoms with E-state index in [4.69, 9.17) is 4.74 Å². The zero-order chi connectivity index (χ0) is 22.2. The molecule has 2 fully saturated rings. The summed E-state index contributed by atoms with van der Waals surface area (Å²) in [5, 5.41) is 3.51. The minimum atomic E-state index is -0.525. The first kappa shape index (κ1) is 21.6. The smallest absolute Gasteiger partial charge is 0.178 e. The van der Waals surface area contributed by atoms with Crippen LogP contribution in [0, 0.1) is 29.4 Å².